The average Bonchev–Trinajstić information content (AvgIpc) is 2.85. The first-order chi connectivity index (χ1) is 9.19. The van der Waals surface area contributed by atoms with E-state index in [0.717, 1.165) is 56.6 Å². The lowest BCUT2D eigenvalue weighted by Crippen LogP contribution is -2.27. The second kappa shape index (κ2) is 9.16. The van der Waals surface area contributed by atoms with Crippen molar-refractivity contribution in [2.75, 3.05) is 19.6 Å². The van der Waals surface area contributed by atoms with Gasteiger partial charge in [-0.2, -0.15) is 0 Å². The van der Waals surface area contributed by atoms with Crippen molar-refractivity contribution < 1.29 is 4.42 Å². The first-order valence-corrected chi connectivity index (χ1v) is 7.70. The smallest absolute Gasteiger partial charge is 0.118 e. The Balaban J connectivity index is 2.42. The summed E-state index contributed by atoms with van der Waals surface area (Å²) in [6, 6.07) is 4.21. The number of hydrogen-bond donors (Lipinski definition) is 1. The lowest BCUT2D eigenvalue weighted by Gasteiger charge is -2.22. The normalized spacial score (nSPS) is 13.1. The molecule has 3 nitrogen and oxygen atoms in total. The van der Waals surface area contributed by atoms with Gasteiger partial charge in [0.15, 0.2) is 0 Å². The van der Waals surface area contributed by atoms with E-state index in [-0.39, 0.29) is 0 Å². The van der Waals surface area contributed by atoms with E-state index < -0.39 is 0 Å². The molecule has 0 radical (unpaired) electrons. The maximum absolute atomic E-state index is 5.87. The van der Waals surface area contributed by atoms with E-state index in [0.29, 0.717) is 0 Å². The monoisotopic (exact) mass is 266 g/mol. The van der Waals surface area contributed by atoms with Crippen LogP contribution in [0.5, 0.6) is 0 Å². The van der Waals surface area contributed by atoms with Crippen molar-refractivity contribution in [1.29, 1.82) is 0 Å². The summed E-state index contributed by atoms with van der Waals surface area (Å²) < 4.78 is 5.87. The van der Waals surface area contributed by atoms with Crippen LogP contribution in [0, 0.1) is 5.92 Å². The quantitative estimate of drug-likeness (QED) is 0.655. The molecule has 0 fully saturated rings. The topological polar surface area (TPSA) is 28.4 Å². The van der Waals surface area contributed by atoms with Gasteiger partial charge in [-0.3, -0.25) is 4.90 Å². The predicted molar refractivity (Wildman–Crippen MR) is 81.1 cm³/mol. The molecule has 0 aromatic carbocycles. The van der Waals surface area contributed by atoms with Gasteiger partial charge in [0.05, 0.1) is 13.1 Å². The van der Waals surface area contributed by atoms with Crippen LogP contribution >= 0.6 is 0 Å². The minimum atomic E-state index is 0.751. The zero-order valence-corrected chi connectivity index (χ0v) is 13.0. The zero-order chi connectivity index (χ0) is 14.1. The van der Waals surface area contributed by atoms with E-state index in [1.54, 1.807) is 0 Å². The van der Waals surface area contributed by atoms with Gasteiger partial charge in [0, 0.05) is 6.54 Å². The summed E-state index contributed by atoms with van der Waals surface area (Å²) in [5.41, 5.74) is 0. The van der Waals surface area contributed by atoms with Gasteiger partial charge in [-0.25, -0.2) is 0 Å². The van der Waals surface area contributed by atoms with Crippen LogP contribution < -0.4 is 5.32 Å². The first kappa shape index (κ1) is 16.3. The zero-order valence-electron chi connectivity index (χ0n) is 13.0. The fourth-order valence-electron chi connectivity index (χ4n) is 2.09. The van der Waals surface area contributed by atoms with Crippen LogP contribution in [0.15, 0.2) is 16.5 Å². The fraction of sp³-hybridized carbons (Fsp3) is 0.750. The molecule has 0 saturated heterocycles. The number of nitrogens with one attached hydrogen (secondary N) is 1. The second-order valence-electron chi connectivity index (χ2n) is 5.39. The molecule has 1 heterocycles. The highest BCUT2D eigenvalue weighted by Gasteiger charge is 2.10. The van der Waals surface area contributed by atoms with E-state index in [2.05, 4.69) is 50.0 Å². The first-order valence-electron chi connectivity index (χ1n) is 7.70. The molecule has 0 amide bonds. The predicted octanol–water partition coefficient (Wildman–Crippen LogP) is 3.65. The van der Waals surface area contributed by atoms with Gasteiger partial charge in [0.2, 0.25) is 0 Å². The van der Waals surface area contributed by atoms with Crippen molar-refractivity contribution in [3.8, 4) is 0 Å². The van der Waals surface area contributed by atoms with E-state index in [1.807, 2.05) is 0 Å². The van der Waals surface area contributed by atoms with Crippen molar-refractivity contribution in [2.45, 2.75) is 53.6 Å². The lowest BCUT2D eigenvalue weighted by atomic mass is 10.1. The maximum Gasteiger partial charge on any atom is 0.118 e. The Morgan fingerprint density at radius 2 is 1.95 bits per heavy atom. The van der Waals surface area contributed by atoms with Crippen LogP contribution in [-0.2, 0) is 13.1 Å². The minimum absolute atomic E-state index is 0.751. The average molecular weight is 266 g/mol. The summed E-state index contributed by atoms with van der Waals surface area (Å²) in [5, 5.41) is 3.37. The largest absolute Gasteiger partial charge is 0.463 e. The Morgan fingerprint density at radius 1 is 1.21 bits per heavy atom. The molecule has 0 spiro atoms. The standard InChI is InChI=1S/C16H30N2O/c1-5-10-17-11-15-8-9-16(19-15)13-18(7-3)12-14(4)6-2/h8-9,14,17H,5-7,10-13H2,1-4H3. The van der Waals surface area contributed by atoms with Crippen LogP contribution in [0.2, 0.25) is 0 Å². The number of hydrogen-bond acceptors (Lipinski definition) is 3. The van der Waals surface area contributed by atoms with Crippen LogP contribution in [0.3, 0.4) is 0 Å². The van der Waals surface area contributed by atoms with Crippen LogP contribution in [0.4, 0.5) is 0 Å². The summed E-state index contributed by atoms with van der Waals surface area (Å²) >= 11 is 0. The number of furan rings is 1. The SMILES string of the molecule is CCCNCc1ccc(CN(CC)CC(C)CC)o1. The molecule has 0 aliphatic heterocycles. The lowest BCUT2D eigenvalue weighted by molar-refractivity contribution is 0.218. The summed E-state index contributed by atoms with van der Waals surface area (Å²) in [6.07, 6.45) is 2.40. The van der Waals surface area contributed by atoms with Gasteiger partial charge in [-0.15, -0.1) is 0 Å². The second-order valence-corrected chi connectivity index (χ2v) is 5.39. The molecule has 1 aromatic heterocycles. The van der Waals surface area contributed by atoms with Crippen molar-refractivity contribution in [2.24, 2.45) is 5.92 Å². The van der Waals surface area contributed by atoms with E-state index >= 15 is 0 Å². The molecule has 1 aromatic rings. The summed E-state index contributed by atoms with van der Waals surface area (Å²) in [6.45, 7) is 14.0. The molecule has 19 heavy (non-hydrogen) atoms. The van der Waals surface area contributed by atoms with Gasteiger partial charge in [-0.05, 0) is 37.6 Å². The van der Waals surface area contributed by atoms with Gasteiger partial charge < -0.3 is 9.73 Å². The van der Waals surface area contributed by atoms with Crippen molar-refractivity contribution in [3.05, 3.63) is 23.7 Å². The molecular weight excluding hydrogens is 236 g/mol. The van der Waals surface area contributed by atoms with Crippen molar-refractivity contribution in [3.63, 3.8) is 0 Å². The minimum Gasteiger partial charge on any atom is -0.463 e. The summed E-state index contributed by atoms with van der Waals surface area (Å²) in [5.74, 6) is 2.88. The summed E-state index contributed by atoms with van der Waals surface area (Å²) in [4.78, 5) is 2.45. The molecule has 0 aliphatic rings. The number of nitrogens with zero attached hydrogens (tertiary/aromatic N) is 1. The molecule has 0 saturated carbocycles. The molecule has 1 unspecified atom stereocenters. The molecule has 0 bridgehead atoms. The van der Waals surface area contributed by atoms with Gasteiger partial charge in [0.1, 0.15) is 11.5 Å². The highest BCUT2D eigenvalue weighted by molar-refractivity contribution is 5.07. The molecule has 110 valence electrons. The van der Waals surface area contributed by atoms with E-state index in [4.69, 9.17) is 4.42 Å². The van der Waals surface area contributed by atoms with Crippen LogP contribution in [0.25, 0.3) is 0 Å². The van der Waals surface area contributed by atoms with Crippen LogP contribution in [0.1, 0.15) is 52.1 Å². The third kappa shape index (κ3) is 6.26. The van der Waals surface area contributed by atoms with Crippen LogP contribution in [-0.4, -0.2) is 24.5 Å². The Hall–Kier alpha value is -0.800. The van der Waals surface area contributed by atoms with E-state index in [1.165, 1.54) is 6.42 Å². The maximum atomic E-state index is 5.87. The molecule has 1 atom stereocenters. The van der Waals surface area contributed by atoms with Crippen molar-refractivity contribution >= 4 is 0 Å². The molecule has 3 heteroatoms. The Labute approximate surface area is 118 Å². The van der Waals surface area contributed by atoms with Gasteiger partial charge in [-0.1, -0.05) is 34.1 Å². The molecular formula is C16H30N2O. The Kier molecular flexibility index (Phi) is 7.84. The fourth-order valence-corrected chi connectivity index (χ4v) is 2.09. The molecule has 0 aliphatic carbocycles. The third-order valence-corrected chi connectivity index (χ3v) is 3.54. The molecule has 1 N–H and O–H groups in total. The number of rotatable bonds is 10. The highest BCUT2D eigenvalue weighted by Crippen LogP contribution is 2.12. The van der Waals surface area contributed by atoms with Gasteiger partial charge >= 0.3 is 0 Å². The third-order valence-electron chi connectivity index (χ3n) is 3.54. The van der Waals surface area contributed by atoms with Crippen molar-refractivity contribution in [1.82, 2.24) is 10.2 Å². The Bertz CT molecular complexity index is 335. The Morgan fingerprint density at radius 3 is 2.58 bits per heavy atom. The summed E-state index contributed by atoms with van der Waals surface area (Å²) in [7, 11) is 0. The van der Waals surface area contributed by atoms with E-state index in [9.17, 15) is 0 Å². The van der Waals surface area contributed by atoms with Gasteiger partial charge in [0.25, 0.3) is 0 Å². The highest BCUT2D eigenvalue weighted by atomic mass is 16.3. The molecule has 1 rings (SSSR count).